The van der Waals surface area contributed by atoms with E-state index in [0.29, 0.717) is 26.0 Å². The number of ether oxygens (including phenoxy) is 2. The number of amides is 1. The summed E-state index contributed by atoms with van der Waals surface area (Å²) in [7, 11) is 3.31. The fourth-order valence-corrected chi connectivity index (χ4v) is 3.45. The summed E-state index contributed by atoms with van der Waals surface area (Å²) in [5.74, 6) is 0.811. The van der Waals surface area contributed by atoms with Gasteiger partial charge >= 0.3 is 0 Å². The maximum Gasteiger partial charge on any atom is 0.220 e. The molecule has 0 bridgehead atoms. The number of aromatic nitrogens is 3. The topological polar surface area (TPSA) is 77.8 Å². The Morgan fingerprint density at radius 2 is 2.00 bits per heavy atom. The van der Waals surface area contributed by atoms with Gasteiger partial charge in [0.15, 0.2) is 5.65 Å². The maximum absolute atomic E-state index is 12.1. The molecule has 0 aliphatic rings. The van der Waals surface area contributed by atoms with Crippen LogP contribution in [0, 0.1) is 13.8 Å². The van der Waals surface area contributed by atoms with Gasteiger partial charge in [0, 0.05) is 49.7 Å². The number of carbonyl (C=O) groups is 1. The van der Waals surface area contributed by atoms with Gasteiger partial charge in [0.2, 0.25) is 5.91 Å². The number of fused-ring (bicyclic) bond motifs is 1. The van der Waals surface area contributed by atoms with Crippen LogP contribution in [0.4, 0.5) is 0 Å². The van der Waals surface area contributed by atoms with E-state index < -0.39 is 0 Å². The lowest BCUT2D eigenvalue weighted by Gasteiger charge is -2.11. The highest BCUT2D eigenvalue weighted by Gasteiger charge is 2.15. The molecule has 0 saturated heterocycles. The molecule has 0 unspecified atom stereocenters. The van der Waals surface area contributed by atoms with Crippen LogP contribution in [0.3, 0.4) is 0 Å². The highest BCUT2D eigenvalue weighted by molar-refractivity contribution is 5.76. The first-order valence-corrected chi connectivity index (χ1v) is 9.80. The summed E-state index contributed by atoms with van der Waals surface area (Å²) in [6, 6.07) is 9.76. The molecule has 3 rings (SSSR count). The number of benzene rings is 1. The van der Waals surface area contributed by atoms with E-state index in [-0.39, 0.29) is 5.91 Å². The lowest BCUT2D eigenvalue weighted by Crippen LogP contribution is -2.25. The van der Waals surface area contributed by atoms with E-state index >= 15 is 0 Å². The zero-order valence-corrected chi connectivity index (χ0v) is 17.5. The number of carbonyl (C=O) groups excluding carboxylic acids is 1. The largest absolute Gasteiger partial charge is 0.496 e. The van der Waals surface area contributed by atoms with E-state index in [4.69, 9.17) is 19.6 Å². The van der Waals surface area contributed by atoms with Crippen molar-refractivity contribution in [1.29, 1.82) is 0 Å². The molecule has 0 saturated carbocycles. The van der Waals surface area contributed by atoms with Gasteiger partial charge in [-0.15, -0.1) is 0 Å². The van der Waals surface area contributed by atoms with Crippen molar-refractivity contribution in [3.8, 4) is 17.0 Å². The zero-order valence-electron chi connectivity index (χ0n) is 17.5. The third kappa shape index (κ3) is 4.74. The fourth-order valence-electron chi connectivity index (χ4n) is 3.45. The first-order chi connectivity index (χ1) is 14.0. The number of hydrogen-bond donors (Lipinski definition) is 1. The molecular formula is C22H28N4O3. The first-order valence-electron chi connectivity index (χ1n) is 9.80. The van der Waals surface area contributed by atoms with Crippen LogP contribution in [0.5, 0.6) is 5.75 Å². The second-order valence-electron chi connectivity index (χ2n) is 6.96. The smallest absolute Gasteiger partial charge is 0.220 e. The van der Waals surface area contributed by atoms with Crippen molar-refractivity contribution in [2.75, 3.05) is 27.4 Å². The number of para-hydroxylation sites is 1. The third-order valence-electron chi connectivity index (χ3n) is 5.00. The van der Waals surface area contributed by atoms with E-state index in [9.17, 15) is 4.79 Å². The summed E-state index contributed by atoms with van der Waals surface area (Å²) >= 11 is 0. The quantitative estimate of drug-likeness (QED) is 0.563. The van der Waals surface area contributed by atoms with Crippen molar-refractivity contribution >= 4 is 11.6 Å². The minimum atomic E-state index is 0.0372. The van der Waals surface area contributed by atoms with Gasteiger partial charge in [0.1, 0.15) is 5.75 Å². The standard InChI is InChI=1S/C22H28N4O3/c1-15-17(10-11-22(27)23-12-7-13-28-3)16(2)26-21(24-15)14-19(25-26)18-8-5-6-9-20(18)29-4/h5-6,8-9,14H,7,10-13H2,1-4H3,(H,23,27). The summed E-state index contributed by atoms with van der Waals surface area (Å²) in [5, 5.41) is 7.68. The van der Waals surface area contributed by atoms with Crippen LogP contribution in [-0.4, -0.2) is 47.9 Å². The molecule has 7 nitrogen and oxygen atoms in total. The van der Waals surface area contributed by atoms with Crippen molar-refractivity contribution in [1.82, 2.24) is 19.9 Å². The minimum absolute atomic E-state index is 0.0372. The monoisotopic (exact) mass is 396 g/mol. The Kier molecular flexibility index (Phi) is 6.82. The van der Waals surface area contributed by atoms with Crippen LogP contribution < -0.4 is 10.1 Å². The predicted molar refractivity (Wildman–Crippen MR) is 112 cm³/mol. The molecule has 0 aliphatic heterocycles. The summed E-state index contributed by atoms with van der Waals surface area (Å²) in [4.78, 5) is 16.8. The molecule has 1 aromatic carbocycles. The second-order valence-corrected chi connectivity index (χ2v) is 6.96. The average Bonchev–Trinajstić information content (AvgIpc) is 3.15. The predicted octanol–water partition coefficient (Wildman–Crippen LogP) is 3.11. The summed E-state index contributed by atoms with van der Waals surface area (Å²) < 4.78 is 12.3. The van der Waals surface area contributed by atoms with E-state index in [2.05, 4.69) is 5.32 Å². The highest BCUT2D eigenvalue weighted by atomic mass is 16.5. The molecule has 29 heavy (non-hydrogen) atoms. The van der Waals surface area contributed by atoms with Crippen molar-refractivity contribution in [2.45, 2.75) is 33.1 Å². The first kappa shape index (κ1) is 20.8. The third-order valence-corrected chi connectivity index (χ3v) is 5.00. The van der Waals surface area contributed by atoms with E-state index in [1.54, 1.807) is 14.2 Å². The van der Waals surface area contributed by atoms with Crippen LogP contribution in [-0.2, 0) is 16.0 Å². The van der Waals surface area contributed by atoms with Crippen molar-refractivity contribution in [3.05, 3.63) is 47.3 Å². The molecule has 0 atom stereocenters. The van der Waals surface area contributed by atoms with Crippen LogP contribution >= 0.6 is 0 Å². The van der Waals surface area contributed by atoms with E-state index in [1.165, 1.54) is 0 Å². The molecule has 0 aliphatic carbocycles. The highest BCUT2D eigenvalue weighted by Crippen LogP contribution is 2.29. The number of hydrogen-bond acceptors (Lipinski definition) is 5. The molecule has 2 aromatic heterocycles. The van der Waals surface area contributed by atoms with Gasteiger partial charge in [0.25, 0.3) is 0 Å². The number of rotatable bonds is 9. The van der Waals surface area contributed by atoms with Crippen molar-refractivity contribution < 1.29 is 14.3 Å². The molecule has 0 spiro atoms. The van der Waals surface area contributed by atoms with Crippen LogP contribution in [0.2, 0.25) is 0 Å². The van der Waals surface area contributed by atoms with Crippen LogP contribution in [0.15, 0.2) is 30.3 Å². The Labute approximate surface area is 171 Å². The van der Waals surface area contributed by atoms with Gasteiger partial charge in [0.05, 0.1) is 12.8 Å². The van der Waals surface area contributed by atoms with Crippen LogP contribution in [0.25, 0.3) is 16.9 Å². The van der Waals surface area contributed by atoms with Gasteiger partial charge < -0.3 is 14.8 Å². The molecule has 1 amide bonds. The Balaban J connectivity index is 1.80. The van der Waals surface area contributed by atoms with Gasteiger partial charge in [-0.25, -0.2) is 9.50 Å². The summed E-state index contributed by atoms with van der Waals surface area (Å²) in [6.07, 6.45) is 1.86. The normalized spacial score (nSPS) is 11.0. The molecule has 2 heterocycles. The van der Waals surface area contributed by atoms with E-state index in [0.717, 1.165) is 46.0 Å². The lowest BCUT2D eigenvalue weighted by molar-refractivity contribution is -0.121. The van der Waals surface area contributed by atoms with Gasteiger partial charge in [-0.2, -0.15) is 5.10 Å². The fraction of sp³-hybridized carbons (Fsp3) is 0.409. The molecule has 1 N–H and O–H groups in total. The minimum Gasteiger partial charge on any atom is -0.496 e. The van der Waals surface area contributed by atoms with Gasteiger partial charge in [-0.05, 0) is 44.4 Å². The van der Waals surface area contributed by atoms with Gasteiger partial charge in [-0.1, -0.05) is 12.1 Å². The summed E-state index contributed by atoms with van der Waals surface area (Å²) in [6.45, 7) is 5.28. The molecule has 3 aromatic rings. The lowest BCUT2D eigenvalue weighted by atomic mass is 10.1. The molecule has 0 radical (unpaired) electrons. The Morgan fingerprint density at radius 1 is 1.21 bits per heavy atom. The second kappa shape index (κ2) is 9.52. The Hall–Kier alpha value is -2.93. The molecule has 7 heteroatoms. The number of methoxy groups -OCH3 is 2. The Morgan fingerprint density at radius 3 is 2.76 bits per heavy atom. The number of aryl methyl sites for hydroxylation is 2. The molecular weight excluding hydrogens is 368 g/mol. The maximum atomic E-state index is 12.1. The Bertz CT molecular complexity index is 997. The van der Waals surface area contributed by atoms with Crippen molar-refractivity contribution in [3.63, 3.8) is 0 Å². The van der Waals surface area contributed by atoms with Crippen LogP contribution in [0.1, 0.15) is 29.8 Å². The van der Waals surface area contributed by atoms with E-state index in [1.807, 2.05) is 48.7 Å². The molecule has 154 valence electrons. The van der Waals surface area contributed by atoms with Crippen molar-refractivity contribution in [2.24, 2.45) is 0 Å². The molecule has 0 fully saturated rings. The average molecular weight is 396 g/mol. The number of nitrogens with one attached hydrogen (secondary N) is 1. The summed E-state index contributed by atoms with van der Waals surface area (Å²) in [5.41, 5.74) is 5.50. The van der Waals surface area contributed by atoms with Gasteiger partial charge in [-0.3, -0.25) is 4.79 Å². The number of nitrogens with zero attached hydrogens (tertiary/aromatic N) is 3. The SMILES string of the molecule is COCCCNC(=O)CCc1c(C)nc2cc(-c3ccccc3OC)nn2c1C. The zero-order chi connectivity index (χ0) is 20.8.